The number of aliphatic carboxylic acids is 1. The molecule has 6 nitrogen and oxygen atoms in total. The quantitative estimate of drug-likeness (QED) is 0.795. The SMILES string of the molecule is CCc1nnc2sc(CC(=O)O)nn12. The molecule has 0 unspecified atom stereocenters. The standard InChI is InChI=1S/C7H8N4O2S/c1-2-4-8-9-7-11(4)10-5(14-7)3-6(12)13/h2-3H2,1H3,(H,12,13). The van der Waals surface area contributed by atoms with Crippen LogP contribution in [-0.4, -0.2) is 30.9 Å². The highest BCUT2D eigenvalue weighted by Crippen LogP contribution is 2.14. The number of hydrogen-bond donors (Lipinski definition) is 1. The molecule has 2 rings (SSSR count). The maximum atomic E-state index is 10.4. The fourth-order valence-corrected chi connectivity index (χ4v) is 1.96. The van der Waals surface area contributed by atoms with Gasteiger partial charge in [0, 0.05) is 6.42 Å². The molecule has 0 aliphatic carbocycles. The molecular weight excluding hydrogens is 204 g/mol. The van der Waals surface area contributed by atoms with Crippen molar-refractivity contribution in [3.05, 3.63) is 10.8 Å². The monoisotopic (exact) mass is 212 g/mol. The molecule has 2 aromatic rings. The highest BCUT2D eigenvalue weighted by molar-refractivity contribution is 7.16. The first-order chi connectivity index (χ1) is 6.70. The molecule has 7 heteroatoms. The largest absolute Gasteiger partial charge is 0.481 e. The minimum atomic E-state index is -0.881. The van der Waals surface area contributed by atoms with Crippen LogP contribution < -0.4 is 0 Å². The number of carboxylic acids is 1. The van der Waals surface area contributed by atoms with Crippen LogP contribution in [0.1, 0.15) is 17.8 Å². The first kappa shape index (κ1) is 9.07. The van der Waals surface area contributed by atoms with Crippen molar-refractivity contribution in [2.75, 3.05) is 0 Å². The Bertz CT molecular complexity index is 475. The Morgan fingerprint density at radius 2 is 2.36 bits per heavy atom. The van der Waals surface area contributed by atoms with Gasteiger partial charge in [-0.05, 0) is 0 Å². The summed E-state index contributed by atoms with van der Waals surface area (Å²) in [5, 5.41) is 21.0. The topological polar surface area (TPSA) is 80.4 Å². The van der Waals surface area contributed by atoms with E-state index in [1.807, 2.05) is 6.92 Å². The highest BCUT2D eigenvalue weighted by Gasteiger charge is 2.11. The molecule has 2 aromatic heterocycles. The molecule has 0 fully saturated rings. The van der Waals surface area contributed by atoms with Gasteiger partial charge >= 0.3 is 5.97 Å². The van der Waals surface area contributed by atoms with E-state index in [1.165, 1.54) is 11.3 Å². The van der Waals surface area contributed by atoms with E-state index >= 15 is 0 Å². The second kappa shape index (κ2) is 3.33. The lowest BCUT2D eigenvalue weighted by atomic mass is 10.5. The summed E-state index contributed by atoms with van der Waals surface area (Å²) in [6, 6.07) is 0. The van der Waals surface area contributed by atoms with Gasteiger partial charge in [0.15, 0.2) is 5.82 Å². The van der Waals surface area contributed by atoms with Gasteiger partial charge in [0.05, 0.1) is 6.42 Å². The first-order valence-corrected chi connectivity index (χ1v) is 4.94. The number of rotatable bonds is 3. The summed E-state index contributed by atoms with van der Waals surface area (Å²) in [5.74, 6) is -0.124. The first-order valence-electron chi connectivity index (χ1n) is 4.12. The smallest absolute Gasteiger partial charge is 0.310 e. The molecule has 0 saturated carbocycles. The number of fused-ring (bicyclic) bond motifs is 1. The zero-order valence-corrected chi connectivity index (χ0v) is 8.28. The summed E-state index contributed by atoms with van der Waals surface area (Å²) in [4.78, 5) is 11.1. The lowest BCUT2D eigenvalue weighted by Crippen LogP contribution is -2.01. The van der Waals surface area contributed by atoms with Gasteiger partial charge in [-0.25, -0.2) is 0 Å². The van der Waals surface area contributed by atoms with E-state index in [1.54, 1.807) is 4.52 Å². The Labute approximate surface area is 83.2 Å². The number of nitrogens with zero attached hydrogens (tertiary/aromatic N) is 4. The molecule has 0 atom stereocenters. The van der Waals surface area contributed by atoms with Crippen LogP contribution in [0.25, 0.3) is 4.96 Å². The minimum Gasteiger partial charge on any atom is -0.481 e. The summed E-state index contributed by atoms with van der Waals surface area (Å²) in [5.41, 5.74) is 0. The predicted molar refractivity (Wildman–Crippen MR) is 49.4 cm³/mol. The van der Waals surface area contributed by atoms with Gasteiger partial charge in [-0.1, -0.05) is 18.3 Å². The Kier molecular flexibility index (Phi) is 2.16. The van der Waals surface area contributed by atoms with Gasteiger partial charge in [-0.2, -0.15) is 9.61 Å². The van der Waals surface area contributed by atoms with Crippen molar-refractivity contribution in [2.24, 2.45) is 0 Å². The summed E-state index contributed by atoms with van der Waals surface area (Å²) < 4.78 is 1.60. The van der Waals surface area contributed by atoms with Gasteiger partial charge in [0.25, 0.3) is 0 Å². The Balaban J connectivity index is 2.41. The van der Waals surface area contributed by atoms with E-state index in [2.05, 4.69) is 15.3 Å². The van der Waals surface area contributed by atoms with Crippen LogP contribution >= 0.6 is 11.3 Å². The third kappa shape index (κ3) is 1.46. The number of aromatic nitrogens is 4. The number of aryl methyl sites for hydroxylation is 1. The van der Waals surface area contributed by atoms with Crippen molar-refractivity contribution in [3.63, 3.8) is 0 Å². The number of carbonyl (C=O) groups is 1. The lowest BCUT2D eigenvalue weighted by molar-refractivity contribution is -0.136. The molecular formula is C7H8N4O2S. The molecule has 14 heavy (non-hydrogen) atoms. The van der Waals surface area contributed by atoms with Crippen LogP contribution in [0.2, 0.25) is 0 Å². The lowest BCUT2D eigenvalue weighted by Gasteiger charge is -1.88. The summed E-state index contributed by atoms with van der Waals surface area (Å²) >= 11 is 1.26. The van der Waals surface area contributed by atoms with Crippen molar-refractivity contribution >= 4 is 22.3 Å². The summed E-state index contributed by atoms with van der Waals surface area (Å²) in [7, 11) is 0. The second-order valence-corrected chi connectivity index (χ2v) is 3.77. The van der Waals surface area contributed by atoms with Crippen molar-refractivity contribution in [2.45, 2.75) is 19.8 Å². The van der Waals surface area contributed by atoms with E-state index in [0.717, 1.165) is 12.2 Å². The molecule has 0 aliphatic heterocycles. The zero-order valence-electron chi connectivity index (χ0n) is 7.47. The molecule has 0 amide bonds. The second-order valence-electron chi connectivity index (χ2n) is 2.73. The van der Waals surface area contributed by atoms with Crippen molar-refractivity contribution in [1.82, 2.24) is 19.8 Å². The van der Waals surface area contributed by atoms with Crippen LogP contribution in [0.3, 0.4) is 0 Å². The van der Waals surface area contributed by atoms with Gasteiger partial charge in [-0.3, -0.25) is 4.79 Å². The molecule has 0 spiro atoms. The van der Waals surface area contributed by atoms with E-state index < -0.39 is 5.97 Å². The van der Waals surface area contributed by atoms with Crippen molar-refractivity contribution < 1.29 is 9.90 Å². The van der Waals surface area contributed by atoms with E-state index in [-0.39, 0.29) is 6.42 Å². The van der Waals surface area contributed by atoms with Crippen LogP contribution in [0.15, 0.2) is 0 Å². The average Bonchev–Trinajstić information content (AvgIpc) is 2.61. The molecule has 74 valence electrons. The maximum absolute atomic E-state index is 10.4. The Hall–Kier alpha value is -1.50. The molecule has 2 heterocycles. The van der Waals surface area contributed by atoms with Crippen LogP contribution in [0.5, 0.6) is 0 Å². The van der Waals surface area contributed by atoms with Crippen molar-refractivity contribution in [3.8, 4) is 0 Å². The maximum Gasteiger partial charge on any atom is 0.310 e. The third-order valence-corrected chi connectivity index (χ3v) is 2.61. The summed E-state index contributed by atoms with van der Waals surface area (Å²) in [6.45, 7) is 1.95. The molecule has 0 radical (unpaired) electrons. The number of carboxylic acid groups (broad SMARTS) is 1. The van der Waals surface area contributed by atoms with Gasteiger partial charge in [-0.15, -0.1) is 10.2 Å². The Morgan fingerprint density at radius 1 is 1.57 bits per heavy atom. The van der Waals surface area contributed by atoms with E-state index in [0.29, 0.717) is 9.97 Å². The van der Waals surface area contributed by atoms with Crippen LogP contribution in [0.4, 0.5) is 0 Å². The molecule has 1 N–H and O–H groups in total. The summed E-state index contributed by atoms with van der Waals surface area (Å²) in [6.07, 6.45) is 0.675. The average molecular weight is 212 g/mol. The van der Waals surface area contributed by atoms with Gasteiger partial charge < -0.3 is 5.11 Å². The van der Waals surface area contributed by atoms with Crippen molar-refractivity contribution in [1.29, 1.82) is 0 Å². The zero-order chi connectivity index (χ0) is 10.1. The molecule has 0 aromatic carbocycles. The molecule has 0 aliphatic rings. The van der Waals surface area contributed by atoms with Gasteiger partial charge in [0.2, 0.25) is 4.96 Å². The molecule has 0 bridgehead atoms. The highest BCUT2D eigenvalue weighted by atomic mass is 32.1. The normalized spacial score (nSPS) is 10.9. The van der Waals surface area contributed by atoms with E-state index in [4.69, 9.17) is 5.11 Å². The van der Waals surface area contributed by atoms with Crippen LogP contribution in [-0.2, 0) is 17.6 Å². The van der Waals surface area contributed by atoms with Crippen LogP contribution in [0, 0.1) is 0 Å². The third-order valence-electron chi connectivity index (χ3n) is 1.72. The predicted octanol–water partition coefficient (Wildman–Crippen LogP) is 0.375. The number of hydrogen-bond acceptors (Lipinski definition) is 5. The fourth-order valence-electron chi connectivity index (χ4n) is 1.12. The van der Waals surface area contributed by atoms with E-state index in [9.17, 15) is 4.79 Å². The Morgan fingerprint density at radius 3 is 3.00 bits per heavy atom. The van der Waals surface area contributed by atoms with Gasteiger partial charge in [0.1, 0.15) is 5.01 Å². The molecule has 0 saturated heterocycles. The minimum absolute atomic E-state index is 0.0584. The fraction of sp³-hybridized carbons (Fsp3) is 0.429.